The van der Waals surface area contributed by atoms with Gasteiger partial charge in [-0.15, -0.1) is 11.3 Å². The number of nitrogens with zero attached hydrogens (tertiary/aromatic N) is 1. The van der Waals surface area contributed by atoms with Gasteiger partial charge in [0.25, 0.3) is 10.0 Å². The lowest BCUT2D eigenvalue weighted by Gasteiger charge is -2.16. The topological polar surface area (TPSA) is 76.8 Å². The van der Waals surface area contributed by atoms with Crippen molar-refractivity contribution in [2.45, 2.75) is 23.7 Å². The van der Waals surface area contributed by atoms with Crippen molar-refractivity contribution in [3.8, 4) is 5.75 Å². The van der Waals surface area contributed by atoms with Crippen LogP contribution in [-0.4, -0.2) is 31.9 Å². The average molecular weight is 420 g/mol. The Labute approximate surface area is 145 Å². The van der Waals surface area contributed by atoms with Crippen molar-refractivity contribution in [2.75, 3.05) is 13.1 Å². The van der Waals surface area contributed by atoms with Crippen molar-refractivity contribution < 1.29 is 17.6 Å². The Bertz CT molecular complexity index is 873. The largest absolute Gasteiger partial charge is 0.489 e. The van der Waals surface area contributed by atoms with E-state index in [2.05, 4.69) is 15.9 Å². The predicted molar refractivity (Wildman–Crippen MR) is 89.5 cm³/mol. The van der Waals surface area contributed by atoms with Crippen LogP contribution in [-0.2, 0) is 10.0 Å². The van der Waals surface area contributed by atoms with E-state index in [1.54, 1.807) is 25.1 Å². The van der Waals surface area contributed by atoms with Crippen LogP contribution in [0.1, 0.15) is 12.2 Å². The van der Waals surface area contributed by atoms with E-state index in [0.717, 1.165) is 3.79 Å². The van der Waals surface area contributed by atoms with Gasteiger partial charge in [-0.05, 0) is 41.4 Å². The average Bonchev–Trinajstić information content (AvgIpc) is 3.07. The van der Waals surface area contributed by atoms with Crippen LogP contribution in [0.25, 0.3) is 0 Å². The maximum absolute atomic E-state index is 12.5. The molecule has 0 amide bonds. The molecule has 1 fully saturated rings. The number of hydrogen-bond acceptors (Lipinski definition) is 6. The van der Waals surface area contributed by atoms with Crippen molar-refractivity contribution in [3.63, 3.8) is 0 Å². The molecule has 3 heterocycles. The van der Waals surface area contributed by atoms with Crippen LogP contribution in [0.5, 0.6) is 5.75 Å². The Morgan fingerprint density at radius 2 is 2.17 bits per heavy atom. The van der Waals surface area contributed by atoms with Crippen LogP contribution in [0, 0.1) is 6.92 Å². The minimum atomic E-state index is -3.50. The zero-order valence-electron chi connectivity index (χ0n) is 12.2. The molecule has 0 radical (unpaired) electrons. The quantitative estimate of drug-likeness (QED) is 0.760. The molecule has 0 aromatic carbocycles. The molecule has 0 saturated carbocycles. The molecule has 124 valence electrons. The number of sulfonamides is 1. The highest BCUT2D eigenvalue weighted by atomic mass is 79.9. The highest BCUT2D eigenvalue weighted by molar-refractivity contribution is 9.11. The summed E-state index contributed by atoms with van der Waals surface area (Å²) in [6.07, 6.45) is 0.291. The fourth-order valence-electron chi connectivity index (χ4n) is 2.41. The van der Waals surface area contributed by atoms with E-state index >= 15 is 0 Å². The molecule has 0 bridgehead atoms. The second-order valence-corrected chi connectivity index (χ2v) is 9.80. The highest BCUT2D eigenvalue weighted by Crippen LogP contribution is 2.30. The third kappa shape index (κ3) is 3.68. The van der Waals surface area contributed by atoms with E-state index in [9.17, 15) is 13.2 Å². The summed E-state index contributed by atoms with van der Waals surface area (Å²) in [6, 6.07) is 6.19. The zero-order chi connectivity index (χ0) is 16.6. The summed E-state index contributed by atoms with van der Waals surface area (Å²) in [5.74, 6) is 0.861. The van der Waals surface area contributed by atoms with Crippen molar-refractivity contribution in [1.29, 1.82) is 0 Å². The van der Waals surface area contributed by atoms with Crippen molar-refractivity contribution in [1.82, 2.24) is 4.31 Å². The first-order valence-corrected chi connectivity index (χ1v) is 9.93. The third-order valence-electron chi connectivity index (χ3n) is 3.42. The Morgan fingerprint density at radius 1 is 1.39 bits per heavy atom. The van der Waals surface area contributed by atoms with Gasteiger partial charge in [-0.2, -0.15) is 4.31 Å². The lowest BCUT2D eigenvalue weighted by molar-refractivity contribution is 0.213. The van der Waals surface area contributed by atoms with Crippen LogP contribution in [0.4, 0.5) is 0 Å². The fraction of sp³-hybridized carbons (Fsp3) is 0.357. The Kier molecular flexibility index (Phi) is 4.63. The fourth-order valence-corrected chi connectivity index (χ4v) is 6.06. The second-order valence-electron chi connectivity index (χ2n) is 5.17. The van der Waals surface area contributed by atoms with E-state index in [0.29, 0.717) is 28.7 Å². The van der Waals surface area contributed by atoms with Crippen LogP contribution in [0.15, 0.2) is 41.5 Å². The van der Waals surface area contributed by atoms with Gasteiger partial charge >= 0.3 is 5.63 Å². The molecule has 0 N–H and O–H groups in total. The molecule has 2 aromatic rings. The van der Waals surface area contributed by atoms with Gasteiger partial charge in [0, 0.05) is 12.6 Å². The molecule has 0 aliphatic carbocycles. The van der Waals surface area contributed by atoms with Crippen LogP contribution in [0.3, 0.4) is 0 Å². The second kappa shape index (κ2) is 6.39. The molecular weight excluding hydrogens is 406 g/mol. The Hall–Kier alpha value is -1.16. The van der Waals surface area contributed by atoms with Gasteiger partial charge in [-0.25, -0.2) is 13.2 Å². The minimum absolute atomic E-state index is 0.261. The van der Waals surface area contributed by atoms with E-state index in [4.69, 9.17) is 9.15 Å². The van der Waals surface area contributed by atoms with Gasteiger partial charge in [0.05, 0.1) is 16.4 Å². The lowest BCUT2D eigenvalue weighted by Crippen LogP contribution is -2.30. The summed E-state index contributed by atoms with van der Waals surface area (Å²) < 4.78 is 38.2. The SMILES string of the molecule is Cc1cc(OC2CCN(S(=O)(=O)c3ccc(Br)s3)C2)cc(=O)o1. The number of aryl methyl sites for hydroxylation is 1. The molecule has 1 unspecified atom stereocenters. The summed E-state index contributed by atoms with van der Waals surface area (Å²) in [5, 5.41) is 0. The van der Waals surface area contributed by atoms with Gasteiger partial charge in [0.1, 0.15) is 21.8 Å². The maximum Gasteiger partial charge on any atom is 0.339 e. The van der Waals surface area contributed by atoms with Gasteiger partial charge in [0.15, 0.2) is 0 Å². The standard InChI is InChI=1S/C14H14BrNO5S2/c1-9-6-11(7-13(17)20-9)21-10-4-5-16(8-10)23(18,19)14-3-2-12(15)22-14/h2-3,6-7,10H,4-5,8H2,1H3. The first-order chi connectivity index (χ1) is 10.8. The molecular formula is C14H14BrNO5S2. The van der Waals surface area contributed by atoms with Gasteiger partial charge < -0.3 is 9.15 Å². The van der Waals surface area contributed by atoms with Gasteiger partial charge in [-0.3, -0.25) is 0 Å². The molecule has 23 heavy (non-hydrogen) atoms. The summed E-state index contributed by atoms with van der Waals surface area (Å²) in [7, 11) is -3.50. The third-order valence-corrected chi connectivity index (χ3v) is 7.38. The maximum atomic E-state index is 12.5. The Morgan fingerprint density at radius 3 is 2.83 bits per heavy atom. The molecule has 6 nitrogen and oxygen atoms in total. The smallest absolute Gasteiger partial charge is 0.339 e. The van der Waals surface area contributed by atoms with Crippen molar-refractivity contribution >= 4 is 37.3 Å². The normalized spacial score (nSPS) is 19.1. The molecule has 1 aliphatic heterocycles. The molecule has 2 aromatic heterocycles. The van der Waals surface area contributed by atoms with Gasteiger partial charge in [0.2, 0.25) is 0 Å². The van der Waals surface area contributed by atoms with Gasteiger partial charge in [-0.1, -0.05) is 0 Å². The summed E-state index contributed by atoms with van der Waals surface area (Å²) in [5.41, 5.74) is -0.481. The first-order valence-electron chi connectivity index (χ1n) is 6.88. The number of thiophene rings is 1. The van der Waals surface area contributed by atoms with Crippen LogP contribution < -0.4 is 10.4 Å². The molecule has 1 aliphatic rings. The molecule has 1 atom stereocenters. The van der Waals surface area contributed by atoms with Crippen molar-refractivity contribution in [2.24, 2.45) is 0 Å². The summed E-state index contributed by atoms with van der Waals surface area (Å²) in [6.45, 7) is 2.31. The van der Waals surface area contributed by atoms with E-state index in [-0.39, 0.29) is 12.6 Å². The molecule has 3 rings (SSSR count). The summed E-state index contributed by atoms with van der Waals surface area (Å²) in [4.78, 5) is 11.3. The van der Waals surface area contributed by atoms with E-state index < -0.39 is 15.6 Å². The van der Waals surface area contributed by atoms with Crippen LogP contribution in [0.2, 0.25) is 0 Å². The first kappa shape index (κ1) is 16.7. The summed E-state index contributed by atoms with van der Waals surface area (Å²) >= 11 is 4.46. The molecule has 9 heteroatoms. The van der Waals surface area contributed by atoms with Crippen molar-refractivity contribution in [3.05, 3.63) is 44.2 Å². The number of rotatable bonds is 4. The Balaban J connectivity index is 1.72. The number of ether oxygens (including phenoxy) is 1. The van der Waals surface area contributed by atoms with E-state index in [1.165, 1.54) is 21.7 Å². The minimum Gasteiger partial charge on any atom is -0.489 e. The zero-order valence-corrected chi connectivity index (χ0v) is 15.4. The molecule has 0 spiro atoms. The highest BCUT2D eigenvalue weighted by Gasteiger charge is 2.34. The number of halogens is 1. The predicted octanol–water partition coefficient (Wildman–Crippen LogP) is 2.61. The lowest BCUT2D eigenvalue weighted by atomic mass is 10.3. The number of hydrogen-bond donors (Lipinski definition) is 0. The monoisotopic (exact) mass is 419 g/mol. The molecule has 1 saturated heterocycles. The van der Waals surface area contributed by atoms with E-state index in [1.807, 2.05) is 0 Å². The van der Waals surface area contributed by atoms with Crippen LogP contribution >= 0.6 is 27.3 Å².